The molecule has 0 spiro atoms. The average molecular weight is 309 g/mol. The van der Waals surface area contributed by atoms with Crippen molar-refractivity contribution in [2.45, 2.75) is 40.2 Å². The Morgan fingerprint density at radius 3 is 2.71 bits per heavy atom. The third-order valence-electron chi connectivity index (χ3n) is 2.96. The molecule has 2 aromatic heterocycles. The lowest BCUT2D eigenvalue weighted by atomic mass is 10.2. The maximum absolute atomic E-state index is 13.8. The highest BCUT2D eigenvalue weighted by atomic mass is 32.1. The van der Waals surface area contributed by atoms with Gasteiger partial charge in [0.05, 0.1) is 22.9 Å². The minimum absolute atomic E-state index is 0.0559. The van der Waals surface area contributed by atoms with E-state index in [2.05, 4.69) is 25.6 Å². The number of nitrogens with zero attached hydrogens (tertiary/aromatic N) is 3. The van der Waals surface area contributed by atoms with E-state index >= 15 is 0 Å². The summed E-state index contributed by atoms with van der Waals surface area (Å²) >= 11 is 1.61. The van der Waals surface area contributed by atoms with Crippen molar-refractivity contribution in [3.8, 4) is 0 Å². The molecule has 2 heterocycles. The summed E-state index contributed by atoms with van der Waals surface area (Å²) in [7, 11) is 0. The Labute approximate surface area is 128 Å². The molecule has 1 atom stereocenters. The average Bonchev–Trinajstić information content (AvgIpc) is 2.78. The Morgan fingerprint density at radius 2 is 2.10 bits per heavy atom. The van der Waals surface area contributed by atoms with Crippen molar-refractivity contribution in [3.63, 3.8) is 0 Å². The molecule has 0 aliphatic carbocycles. The molecular formula is C14H20FN5S. The molecule has 0 aliphatic rings. The van der Waals surface area contributed by atoms with Gasteiger partial charge in [-0.15, -0.1) is 11.3 Å². The molecule has 2 aromatic rings. The molecule has 0 aromatic carbocycles. The number of anilines is 2. The van der Waals surface area contributed by atoms with Gasteiger partial charge < -0.3 is 10.6 Å². The molecular weight excluding hydrogens is 289 g/mol. The van der Waals surface area contributed by atoms with Crippen LogP contribution >= 0.6 is 11.3 Å². The van der Waals surface area contributed by atoms with Crippen LogP contribution in [-0.4, -0.2) is 21.5 Å². The second-order valence-corrected chi connectivity index (χ2v) is 6.10. The fraction of sp³-hybridized carbons (Fsp3) is 0.500. The summed E-state index contributed by atoms with van der Waals surface area (Å²) in [5, 5.41) is 7.16. The van der Waals surface area contributed by atoms with Gasteiger partial charge in [0.2, 0.25) is 5.95 Å². The second-order valence-electron chi connectivity index (χ2n) is 4.87. The molecule has 1 unspecified atom stereocenters. The number of nitrogens with one attached hydrogen (secondary N) is 2. The van der Waals surface area contributed by atoms with Crippen LogP contribution in [0.15, 0.2) is 6.20 Å². The predicted octanol–water partition coefficient (Wildman–Crippen LogP) is 3.68. The van der Waals surface area contributed by atoms with E-state index in [9.17, 15) is 4.39 Å². The maximum Gasteiger partial charge on any atom is 0.224 e. The Hall–Kier alpha value is -1.76. The van der Waals surface area contributed by atoms with Crippen LogP contribution in [0.25, 0.3) is 0 Å². The van der Waals surface area contributed by atoms with Gasteiger partial charge in [0, 0.05) is 11.4 Å². The molecule has 5 nitrogen and oxygen atoms in total. The van der Waals surface area contributed by atoms with Crippen LogP contribution < -0.4 is 10.6 Å². The molecule has 0 saturated carbocycles. The van der Waals surface area contributed by atoms with E-state index in [-0.39, 0.29) is 11.9 Å². The van der Waals surface area contributed by atoms with Crippen molar-refractivity contribution < 1.29 is 4.39 Å². The first-order valence-corrected chi connectivity index (χ1v) is 7.79. The van der Waals surface area contributed by atoms with Crippen molar-refractivity contribution >= 4 is 23.1 Å². The monoisotopic (exact) mass is 309 g/mol. The molecule has 2 N–H and O–H groups in total. The van der Waals surface area contributed by atoms with Gasteiger partial charge in [0.1, 0.15) is 0 Å². The van der Waals surface area contributed by atoms with E-state index in [1.807, 2.05) is 27.7 Å². The van der Waals surface area contributed by atoms with E-state index in [0.717, 1.165) is 28.5 Å². The highest BCUT2D eigenvalue weighted by Crippen LogP contribution is 2.27. The van der Waals surface area contributed by atoms with Crippen LogP contribution in [0, 0.1) is 19.7 Å². The maximum atomic E-state index is 13.8. The van der Waals surface area contributed by atoms with Gasteiger partial charge in [-0.1, -0.05) is 6.92 Å². The molecule has 0 radical (unpaired) electrons. The van der Waals surface area contributed by atoms with Crippen molar-refractivity contribution in [1.29, 1.82) is 0 Å². The third-order valence-corrected chi connectivity index (χ3v) is 4.22. The normalized spacial score (nSPS) is 12.2. The van der Waals surface area contributed by atoms with E-state index in [0.29, 0.717) is 5.95 Å². The quantitative estimate of drug-likeness (QED) is 0.852. The number of thiazole rings is 1. The van der Waals surface area contributed by atoms with Crippen LogP contribution in [-0.2, 0) is 0 Å². The van der Waals surface area contributed by atoms with E-state index < -0.39 is 5.82 Å². The van der Waals surface area contributed by atoms with Crippen LogP contribution in [0.5, 0.6) is 0 Å². The fourth-order valence-corrected chi connectivity index (χ4v) is 2.94. The summed E-state index contributed by atoms with van der Waals surface area (Å²) in [6.45, 7) is 8.70. The number of hydrogen-bond donors (Lipinski definition) is 2. The van der Waals surface area contributed by atoms with Gasteiger partial charge in [-0.25, -0.2) is 14.4 Å². The lowest BCUT2D eigenvalue weighted by Gasteiger charge is -2.15. The van der Waals surface area contributed by atoms with Gasteiger partial charge in [-0.3, -0.25) is 0 Å². The van der Waals surface area contributed by atoms with Crippen LogP contribution in [0.2, 0.25) is 0 Å². The minimum Gasteiger partial charge on any atom is -0.360 e. The second kappa shape index (κ2) is 6.80. The number of aryl methyl sites for hydroxylation is 2. The summed E-state index contributed by atoms with van der Waals surface area (Å²) < 4.78 is 13.8. The molecule has 0 saturated heterocycles. The highest BCUT2D eigenvalue weighted by molar-refractivity contribution is 7.11. The summed E-state index contributed by atoms with van der Waals surface area (Å²) in [5.74, 6) is 0.189. The summed E-state index contributed by atoms with van der Waals surface area (Å²) in [6.07, 6.45) is 2.14. The smallest absolute Gasteiger partial charge is 0.224 e. The van der Waals surface area contributed by atoms with E-state index in [1.165, 1.54) is 6.20 Å². The zero-order valence-corrected chi connectivity index (χ0v) is 13.5. The van der Waals surface area contributed by atoms with Gasteiger partial charge in [0.15, 0.2) is 11.6 Å². The Balaban J connectivity index is 2.16. The molecule has 114 valence electrons. The number of hydrogen-bond acceptors (Lipinski definition) is 6. The Bertz CT molecular complexity index is 613. The lowest BCUT2D eigenvalue weighted by molar-refractivity contribution is 0.614. The SMILES string of the molecule is CCCNc1ncc(F)c(NC(C)c2sc(C)nc2C)n1. The zero-order valence-electron chi connectivity index (χ0n) is 12.7. The van der Waals surface area contributed by atoms with Crippen molar-refractivity contribution in [2.75, 3.05) is 17.2 Å². The first-order chi connectivity index (χ1) is 10.0. The van der Waals surface area contributed by atoms with Gasteiger partial charge >= 0.3 is 0 Å². The topological polar surface area (TPSA) is 62.7 Å². The largest absolute Gasteiger partial charge is 0.360 e. The molecule has 0 fully saturated rings. The fourth-order valence-electron chi connectivity index (χ4n) is 2.01. The van der Waals surface area contributed by atoms with Crippen LogP contribution in [0.1, 0.15) is 41.9 Å². The molecule has 0 aliphatic heterocycles. The summed E-state index contributed by atoms with van der Waals surface area (Å²) in [6, 6.07) is -0.0559. The van der Waals surface area contributed by atoms with E-state index in [4.69, 9.17) is 0 Å². The number of aromatic nitrogens is 3. The zero-order chi connectivity index (χ0) is 15.4. The summed E-state index contributed by atoms with van der Waals surface area (Å²) in [5.41, 5.74) is 0.969. The lowest BCUT2D eigenvalue weighted by Crippen LogP contribution is -2.12. The molecule has 7 heteroatoms. The molecule has 0 amide bonds. The Morgan fingerprint density at radius 1 is 1.33 bits per heavy atom. The van der Waals surface area contributed by atoms with Crippen LogP contribution in [0.3, 0.4) is 0 Å². The van der Waals surface area contributed by atoms with Gasteiger partial charge in [-0.05, 0) is 27.2 Å². The first kappa shape index (κ1) is 15.6. The highest BCUT2D eigenvalue weighted by Gasteiger charge is 2.16. The van der Waals surface area contributed by atoms with Crippen LogP contribution in [0.4, 0.5) is 16.2 Å². The Kier molecular flexibility index (Phi) is 5.06. The molecule has 21 heavy (non-hydrogen) atoms. The molecule has 2 rings (SSSR count). The van der Waals surface area contributed by atoms with Crippen molar-refractivity contribution in [3.05, 3.63) is 27.6 Å². The standard InChI is InChI=1S/C14H20FN5S/c1-5-6-16-14-17-7-11(15)13(20-14)19-9(3)12-8(2)18-10(4)21-12/h7,9H,5-6H2,1-4H3,(H2,16,17,19,20). The van der Waals surface area contributed by atoms with Gasteiger partial charge in [-0.2, -0.15) is 4.98 Å². The van der Waals surface area contributed by atoms with Gasteiger partial charge in [0.25, 0.3) is 0 Å². The predicted molar refractivity (Wildman–Crippen MR) is 84.4 cm³/mol. The summed E-state index contributed by atoms with van der Waals surface area (Å²) in [4.78, 5) is 13.6. The number of rotatable bonds is 6. The van der Waals surface area contributed by atoms with E-state index in [1.54, 1.807) is 11.3 Å². The van der Waals surface area contributed by atoms with Crippen molar-refractivity contribution in [2.24, 2.45) is 0 Å². The first-order valence-electron chi connectivity index (χ1n) is 6.98. The minimum atomic E-state index is -0.456. The molecule has 0 bridgehead atoms. The van der Waals surface area contributed by atoms with Crippen molar-refractivity contribution in [1.82, 2.24) is 15.0 Å². The number of halogens is 1. The third kappa shape index (κ3) is 3.87.